The number of carbonyl (C=O) groups is 1. The second-order valence-electron chi connectivity index (χ2n) is 6.66. The van der Waals surface area contributed by atoms with Gasteiger partial charge in [0.25, 0.3) is 0 Å². The van der Waals surface area contributed by atoms with Crippen LogP contribution in [-0.4, -0.2) is 41.5 Å². The lowest BCUT2D eigenvalue weighted by atomic mass is 9.67. The molecule has 4 rings (SSSR count). The van der Waals surface area contributed by atoms with Crippen molar-refractivity contribution in [3.05, 3.63) is 36.3 Å². The van der Waals surface area contributed by atoms with Gasteiger partial charge in [0, 0.05) is 36.8 Å². The summed E-state index contributed by atoms with van der Waals surface area (Å²) in [5.41, 5.74) is 1.07. The summed E-state index contributed by atoms with van der Waals surface area (Å²) in [6.45, 7) is 3.44. The van der Waals surface area contributed by atoms with Crippen molar-refractivity contribution in [3.8, 4) is 0 Å². The number of hydrogen-bond donors (Lipinski definition) is 0. The van der Waals surface area contributed by atoms with Crippen molar-refractivity contribution in [3.63, 3.8) is 0 Å². The normalized spacial score (nSPS) is 21.5. The van der Waals surface area contributed by atoms with E-state index in [9.17, 15) is 4.79 Å². The highest BCUT2D eigenvalue weighted by Crippen LogP contribution is 2.48. The minimum Gasteiger partial charge on any atom is -0.465 e. The fraction of sp³-hybridized carbons (Fsp3) is 0.526. The zero-order chi connectivity index (χ0) is 17.3. The lowest BCUT2D eigenvalue weighted by Crippen LogP contribution is -2.47. The molecular weight excluding hydrogens is 320 g/mol. The number of fused-ring (bicyclic) bond motifs is 1. The molecule has 3 heterocycles. The molecule has 1 saturated heterocycles. The third-order valence-corrected chi connectivity index (χ3v) is 5.40. The van der Waals surface area contributed by atoms with Crippen molar-refractivity contribution in [2.75, 3.05) is 19.8 Å². The van der Waals surface area contributed by atoms with E-state index in [0.29, 0.717) is 45.5 Å². The minimum absolute atomic E-state index is 0.181. The number of hydrogen-bond acceptors (Lipinski definition) is 6. The highest BCUT2D eigenvalue weighted by molar-refractivity contribution is 5.91. The molecule has 132 valence electrons. The molecule has 2 aromatic rings. The van der Waals surface area contributed by atoms with Gasteiger partial charge in [-0.15, -0.1) is 0 Å². The van der Waals surface area contributed by atoms with Crippen LogP contribution in [0.2, 0.25) is 0 Å². The van der Waals surface area contributed by atoms with Gasteiger partial charge < -0.3 is 14.2 Å². The van der Waals surface area contributed by atoms with E-state index in [0.717, 1.165) is 16.5 Å². The summed E-state index contributed by atoms with van der Waals surface area (Å²) >= 11 is 0. The third-order valence-electron chi connectivity index (χ3n) is 5.40. The van der Waals surface area contributed by atoms with Crippen molar-refractivity contribution in [1.29, 1.82) is 0 Å². The maximum atomic E-state index is 13.0. The van der Waals surface area contributed by atoms with E-state index < -0.39 is 11.2 Å². The average molecular weight is 342 g/mol. The van der Waals surface area contributed by atoms with Crippen LogP contribution in [-0.2, 0) is 24.4 Å². The summed E-state index contributed by atoms with van der Waals surface area (Å²) in [6.07, 6.45) is 7.86. The Labute approximate surface area is 146 Å². The van der Waals surface area contributed by atoms with E-state index in [1.807, 2.05) is 19.1 Å². The summed E-state index contributed by atoms with van der Waals surface area (Å²) in [4.78, 5) is 21.7. The molecule has 0 aromatic carbocycles. The molecule has 2 aromatic heterocycles. The van der Waals surface area contributed by atoms with Gasteiger partial charge in [-0.3, -0.25) is 14.8 Å². The van der Waals surface area contributed by atoms with Gasteiger partial charge in [-0.05, 0) is 37.5 Å². The molecule has 1 saturated carbocycles. The number of ether oxygens (including phenoxy) is 3. The van der Waals surface area contributed by atoms with Gasteiger partial charge in [0.05, 0.1) is 30.8 Å². The molecule has 0 bridgehead atoms. The molecule has 6 heteroatoms. The van der Waals surface area contributed by atoms with Gasteiger partial charge in [0.2, 0.25) is 0 Å². The number of nitrogens with zero attached hydrogens (tertiary/aromatic N) is 2. The first-order valence-corrected chi connectivity index (χ1v) is 8.83. The molecule has 0 unspecified atom stereocenters. The number of rotatable bonds is 3. The van der Waals surface area contributed by atoms with Gasteiger partial charge >= 0.3 is 5.97 Å². The van der Waals surface area contributed by atoms with E-state index in [1.165, 1.54) is 0 Å². The first-order chi connectivity index (χ1) is 12.2. The quantitative estimate of drug-likeness (QED) is 0.799. The molecule has 6 nitrogen and oxygen atoms in total. The Morgan fingerprint density at radius 2 is 1.92 bits per heavy atom. The molecule has 2 aliphatic rings. The SMILES string of the molecule is CCOC(=O)C1(c2ccnc3ccncc23)CCC2(CC1)OCCO2. The van der Waals surface area contributed by atoms with Crippen LogP contribution in [0.15, 0.2) is 30.7 Å². The van der Waals surface area contributed by atoms with Crippen molar-refractivity contribution in [2.45, 2.75) is 43.8 Å². The third kappa shape index (κ3) is 2.69. The number of pyridine rings is 2. The molecule has 1 aliphatic heterocycles. The number of esters is 1. The molecule has 0 amide bonds. The van der Waals surface area contributed by atoms with Crippen LogP contribution in [0.3, 0.4) is 0 Å². The Balaban J connectivity index is 1.77. The van der Waals surface area contributed by atoms with Crippen LogP contribution in [0.1, 0.15) is 38.2 Å². The Bertz CT molecular complexity index is 771. The molecule has 0 radical (unpaired) electrons. The van der Waals surface area contributed by atoms with Crippen LogP contribution in [0, 0.1) is 0 Å². The average Bonchev–Trinajstić information content (AvgIpc) is 3.11. The number of aromatic nitrogens is 2. The Morgan fingerprint density at radius 1 is 1.16 bits per heavy atom. The number of carbonyl (C=O) groups excluding carboxylic acids is 1. The van der Waals surface area contributed by atoms with Crippen molar-refractivity contribution >= 4 is 16.9 Å². The summed E-state index contributed by atoms with van der Waals surface area (Å²) in [7, 11) is 0. The largest absolute Gasteiger partial charge is 0.465 e. The van der Waals surface area contributed by atoms with Crippen LogP contribution < -0.4 is 0 Å². The van der Waals surface area contributed by atoms with E-state index in [4.69, 9.17) is 14.2 Å². The monoisotopic (exact) mass is 342 g/mol. The molecule has 2 fully saturated rings. The summed E-state index contributed by atoms with van der Waals surface area (Å²) < 4.78 is 17.2. The molecular formula is C19H22N2O4. The predicted octanol–water partition coefficient (Wildman–Crippen LogP) is 2.75. The molecule has 1 spiro atoms. The standard InChI is InChI=1S/C19H22N2O4/c1-2-23-17(22)18(5-7-19(8-6-18)24-11-12-25-19)15-3-10-21-16-4-9-20-13-14(15)16/h3-4,9-10,13H,2,5-8,11-12H2,1H3. The van der Waals surface area contributed by atoms with E-state index >= 15 is 0 Å². The Kier molecular flexibility index (Phi) is 4.17. The summed E-state index contributed by atoms with van der Waals surface area (Å²) in [5.74, 6) is -0.712. The van der Waals surface area contributed by atoms with Crippen LogP contribution in [0.4, 0.5) is 0 Å². The van der Waals surface area contributed by atoms with E-state index in [-0.39, 0.29) is 5.97 Å². The minimum atomic E-state index is -0.708. The topological polar surface area (TPSA) is 70.5 Å². The molecule has 0 atom stereocenters. The maximum absolute atomic E-state index is 13.0. The first-order valence-electron chi connectivity index (χ1n) is 8.83. The van der Waals surface area contributed by atoms with Crippen molar-refractivity contribution < 1.29 is 19.0 Å². The Hall–Kier alpha value is -2.05. The van der Waals surface area contributed by atoms with Gasteiger partial charge in [-0.1, -0.05) is 0 Å². The van der Waals surface area contributed by atoms with E-state index in [2.05, 4.69) is 9.97 Å². The lowest BCUT2D eigenvalue weighted by molar-refractivity contribution is -0.191. The van der Waals surface area contributed by atoms with Crippen LogP contribution >= 0.6 is 0 Å². The highest BCUT2D eigenvalue weighted by atomic mass is 16.7. The fourth-order valence-corrected chi connectivity index (χ4v) is 4.10. The highest BCUT2D eigenvalue weighted by Gasteiger charge is 2.52. The summed E-state index contributed by atoms with van der Waals surface area (Å²) in [6, 6.07) is 3.79. The van der Waals surface area contributed by atoms with Gasteiger partial charge in [-0.2, -0.15) is 0 Å². The van der Waals surface area contributed by atoms with E-state index in [1.54, 1.807) is 18.6 Å². The van der Waals surface area contributed by atoms with Crippen LogP contribution in [0.5, 0.6) is 0 Å². The maximum Gasteiger partial charge on any atom is 0.316 e. The molecule has 0 N–H and O–H groups in total. The van der Waals surface area contributed by atoms with Crippen molar-refractivity contribution in [2.24, 2.45) is 0 Å². The van der Waals surface area contributed by atoms with Gasteiger partial charge in [0.15, 0.2) is 5.79 Å². The molecule has 25 heavy (non-hydrogen) atoms. The lowest BCUT2D eigenvalue weighted by Gasteiger charge is -2.42. The predicted molar refractivity (Wildman–Crippen MR) is 91.0 cm³/mol. The first kappa shape index (κ1) is 16.4. The zero-order valence-electron chi connectivity index (χ0n) is 14.4. The van der Waals surface area contributed by atoms with Gasteiger partial charge in [0.1, 0.15) is 0 Å². The summed E-state index contributed by atoms with van der Waals surface area (Å²) in [5, 5.41) is 0.905. The second-order valence-corrected chi connectivity index (χ2v) is 6.66. The van der Waals surface area contributed by atoms with Crippen molar-refractivity contribution in [1.82, 2.24) is 9.97 Å². The smallest absolute Gasteiger partial charge is 0.316 e. The second kappa shape index (κ2) is 6.35. The molecule has 1 aliphatic carbocycles. The van der Waals surface area contributed by atoms with Crippen LogP contribution in [0.25, 0.3) is 10.9 Å². The van der Waals surface area contributed by atoms with Gasteiger partial charge in [-0.25, -0.2) is 0 Å². The zero-order valence-corrected chi connectivity index (χ0v) is 14.4. The Morgan fingerprint density at radius 3 is 2.64 bits per heavy atom. The fourth-order valence-electron chi connectivity index (χ4n) is 4.10.